The van der Waals surface area contributed by atoms with Crippen molar-refractivity contribution in [2.24, 2.45) is 0 Å². The Bertz CT molecular complexity index is 958. The van der Waals surface area contributed by atoms with Gasteiger partial charge in [0.1, 0.15) is 0 Å². The van der Waals surface area contributed by atoms with E-state index in [0.29, 0.717) is 37.5 Å². The normalized spacial score (nSPS) is 24.8. The standard InChI is InChI=1S/C19H23N3O3S2/c1-15-4-3-5-17(10-15)27(24,25)21-8-7-19(13-21)14-22(16-6-9-26-12-16)18(23)11-20(19)2/h3-6,9-10,12H,7-8,11,13-14H2,1-2H3/t19-/m1/s1. The number of likely N-dealkylation sites (N-methyl/N-ethyl adjacent to an activating group) is 1. The molecule has 27 heavy (non-hydrogen) atoms. The average molecular weight is 406 g/mol. The van der Waals surface area contributed by atoms with E-state index >= 15 is 0 Å². The summed E-state index contributed by atoms with van der Waals surface area (Å²) in [6, 6.07) is 8.98. The lowest BCUT2D eigenvalue weighted by atomic mass is 9.93. The molecule has 2 fully saturated rings. The summed E-state index contributed by atoms with van der Waals surface area (Å²) in [6.45, 7) is 3.57. The van der Waals surface area contributed by atoms with E-state index in [1.54, 1.807) is 38.7 Å². The fourth-order valence-electron chi connectivity index (χ4n) is 4.00. The van der Waals surface area contributed by atoms with Crippen molar-refractivity contribution >= 4 is 33.0 Å². The number of amides is 1. The number of piperazine rings is 1. The largest absolute Gasteiger partial charge is 0.309 e. The summed E-state index contributed by atoms with van der Waals surface area (Å²) in [7, 11) is -1.62. The van der Waals surface area contributed by atoms with E-state index in [1.165, 1.54) is 0 Å². The highest BCUT2D eigenvalue weighted by molar-refractivity contribution is 7.89. The fourth-order valence-corrected chi connectivity index (χ4v) is 6.26. The van der Waals surface area contributed by atoms with Gasteiger partial charge < -0.3 is 4.90 Å². The third kappa shape index (κ3) is 3.20. The van der Waals surface area contributed by atoms with Crippen LogP contribution in [-0.2, 0) is 14.8 Å². The lowest BCUT2D eigenvalue weighted by molar-refractivity contribution is -0.123. The number of carbonyl (C=O) groups is 1. The van der Waals surface area contributed by atoms with Crippen LogP contribution in [0.4, 0.5) is 5.69 Å². The Balaban J connectivity index is 1.61. The molecule has 1 aromatic heterocycles. The maximum absolute atomic E-state index is 13.1. The second-order valence-corrected chi connectivity index (χ2v) is 10.2. The Morgan fingerprint density at radius 1 is 1.19 bits per heavy atom. The molecule has 4 rings (SSSR count). The predicted octanol–water partition coefficient (Wildman–Crippen LogP) is 2.17. The third-order valence-corrected chi connectivity index (χ3v) is 8.19. The van der Waals surface area contributed by atoms with Gasteiger partial charge in [-0.1, -0.05) is 12.1 Å². The Hall–Kier alpha value is -1.74. The molecular formula is C19H23N3O3S2. The van der Waals surface area contributed by atoms with E-state index < -0.39 is 10.0 Å². The third-order valence-electron chi connectivity index (χ3n) is 5.68. The van der Waals surface area contributed by atoms with E-state index in [4.69, 9.17) is 0 Å². The van der Waals surface area contributed by atoms with Gasteiger partial charge in [-0.05, 0) is 49.5 Å². The van der Waals surface area contributed by atoms with Crippen LogP contribution in [0, 0.1) is 6.92 Å². The number of aryl methyl sites for hydroxylation is 1. The molecule has 2 aliphatic rings. The smallest absolute Gasteiger partial charge is 0.243 e. The molecule has 0 unspecified atom stereocenters. The summed E-state index contributed by atoms with van der Waals surface area (Å²) in [5.41, 5.74) is 1.47. The molecule has 1 spiro atoms. The van der Waals surface area contributed by atoms with Gasteiger partial charge in [-0.2, -0.15) is 15.6 Å². The first-order chi connectivity index (χ1) is 12.8. The quantitative estimate of drug-likeness (QED) is 0.785. The molecule has 1 atom stereocenters. The van der Waals surface area contributed by atoms with Gasteiger partial charge in [-0.15, -0.1) is 0 Å². The van der Waals surface area contributed by atoms with Crippen molar-refractivity contribution in [2.75, 3.05) is 38.1 Å². The molecule has 6 nitrogen and oxygen atoms in total. The average Bonchev–Trinajstić information content (AvgIpc) is 3.29. The van der Waals surface area contributed by atoms with Gasteiger partial charge in [0.25, 0.3) is 0 Å². The lowest BCUT2D eigenvalue weighted by Crippen LogP contribution is -2.64. The summed E-state index contributed by atoms with van der Waals surface area (Å²) >= 11 is 1.56. The molecule has 144 valence electrons. The van der Waals surface area contributed by atoms with Gasteiger partial charge in [0.05, 0.1) is 22.7 Å². The van der Waals surface area contributed by atoms with E-state index in [9.17, 15) is 13.2 Å². The summed E-state index contributed by atoms with van der Waals surface area (Å²) < 4.78 is 27.8. The number of anilines is 1. The molecule has 2 aromatic rings. The minimum absolute atomic E-state index is 0.0570. The number of carbonyl (C=O) groups excluding carboxylic acids is 1. The van der Waals surface area contributed by atoms with Crippen LogP contribution in [-0.4, -0.2) is 62.3 Å². The minimum atomic E-state index is -3.54. The Kier molecular flexibility index (Phi) is 4.62. The van der Waals surface area contributed by atoms with Crippen LogP contribution >= 0.6 is 11.3 Å². The van der Waals surface area contributed by atoms with E-state index in [1.807, 2.05) is 41.8 Å². The molecule has 0 saturated carbocycles. The lowest BCUT2D eigenvalue weighted by Gasteiger charge is -2.46. The van der Waals surface area contributed by atoms with E-state index in [0.717, 1.165) is 11.3 Å². The van der Waals surface area contributed by atoms with Crippen LogP contribution < -0.4 is 4.90 Å². The zero-order chi connectivity index (χ0) is 19.2. The highest BCUT2D eigenvalue weighted by Gasteiger charge is 2.50. The van der Waals surface area contributed by atoms with Crippen molar-refractivity contribution in [1.29, 1.82) is 0 Å². The summed E-state index contributed by atoms with van der Waals surface area (Å²) in [5, 5.41) is 3.92. The molecule has 8 heteroatoms. The number of hydrogen-bond acceptors (Lipinski definition) is 5. The van der Waals surface area contributed by atoms with Crippen molar-refractivity contribution in [2.45, 2.75) is 23.8 Å². The number of benzene rings is 1. The van der Waals surface area contributed by atoms with Gasteiger partial charge in [0, 0.05) is 25.0 Å². The van der Waals surface area contributed by atoms with Crippen molar-refractivity contribution in [3.8, 4) is 0 Å². The molecule has 2 saturated heterocycles. The number of hydrogen-bond donors (Lipinski definition) is 0. The molecule has 0 bridgehead atoms. The van der Waals surface area contributed by atoms with Crippen LogP contribution in [0.2, 0.25) is 0 Å². The SMILES string of the molecule is Cc1cccc(S(=O)(=O)N2CC[C@]3(CN(c4ccsc4)C(=O)CN3C)C2)c1. The molecule has 0 aliphatic carbocycles. The van der Waals surface area contributed by atoms with Gasteiger partial charge >= 0.3 is 0 Å². The first-order valence-electron chi connectivity index (χ1n) is 8.92. The number of thiophene rings is 1. The molecule has 2 aliphatic heterocycles. The maximum Gasteiger partial charge on any atom is 0.243 e. The second-order valence-electron chi connectivity index (χ2n) is 7.45. The summed E-state index contributed by atoms with van der Waals surface area (Å²) in [5.74, 6) is 0.0570. The van der Waals surface area contributed by atoms with Crippen LogP contribution in [0.15, 0.2) is 46.0 Å². The van der Waals surface area contributed by atoms with Crippen molar-refractivity contribution in [1.82, 2.24) is 9.21 Å². The van der Waals surface area contributed by atoms with Crippen molar-refractivity contribution in [3.05, 3.63) is 46.7 Å². The summed E-state index contributed by atoms with van der Waals surface area (Å²) in [6.07, 6.45) is 0.711. The van der Waals surface area contributed by atoms with Gasteiger partial charge in [-0.3, -0.25) is 9.69 Å². The van der Waals surface area contributed by atoms with Crippen molar-refractivity contribution < 1.29 is 13.2 Å². The Labute approximate surface area is 164 Å². The van der Waals surface area contributed by atoms with Crippen molar-refractivity contribution in [3.63, 3.8) is 0 Å². The van der Waals surface area contributed by atoms with Crippen LogP contribution in [0.5, 0.6) is 0 Å². The van der Waals surface area contributed by atoms with E-state index in [2.05, 4.69) is 0 Å². The highest BCUT2D eigenvalue weighted by atomic mass is 32.2. The van der Waals surface area contributed by atoms with Gasteiger partial charge in [-0.25, -0.2) is 8.42 Å². The molecule has 1 aromatic carbocycles. The highest BCUT2D eigenvalue weighted by Crippen LogP contribution is 2.36. The Morgan fingerprint density at radius 2 is 2.00 bits per heavy atom. The molecular weight excluding hydrogens is 382 g/mol. The van der Waals surface area contributed by atoms with Gasteiger partial charge in [0.15, 0.2) is 0 Å². The maximum atomic E-state index is 13.1. The predicted molar refractivity (Wildman–Crippen MR) is 107 cm³/mol. The zero-order valence-electron chi connectivity index (χ0n) is 15.5. The van der Waals surface area contributed by atoms with Gasteiger partial charge in [0.2, 0.25) is 15.9 Å². The molecule has 0 N–H and O–H groups in total. The van der Waals surface area contributed by atoms with Crippen LogP contribution in [0.25, 0.3) is 0 Å². The fraction of sp³-hybridized carbons (Fsp3) is 0.421. The topological polar surface area (TPSA) is 60.9 Å². The first-order valence-corrected chi connectivity index (χ1v) is 11.3. The van der Waals surface area contributed by atoms with E-state index in [-0.39, 0.29) is 11.4 Å². The molecule has 1 amide bonds. The van der Waals surface area contributed by atoms with Crippen LogP contribution in [0.1, 0.15) is 12.0 Å². The Morgan fingerprint density at radius 3 is 2.70 bits per heavy atom. The monoisotopic (exact) mass is 405 g/mol. The number of rotatable bonds is 3. The minimum Gasteiger partial charge on any atom is -0.309 e. The number of sulfonamides is 1. The first kappa shape index (κ1) is 18.6. The zero-order valence-corrected chi connectivity index (χ0v) is 17.1. The molecule has 0 radical (unpaired) electrons. The van der Waals surface area contributed by atoms with Crippen LogP contribution in [0.3, 0.4) is 0 Å². The second kappa shape index (κ2) is 6.70. The molecule has 3 heterocycles. The number of nitrogens with zero attached hydrogens (tertiary/aromatic N) is 3. The summed E-state index contributed by atoms with van der Waals surface area (Å²) in [4.78, 5) is 16.7.